The number of amides is 1. The van der Waals surface area contributed by atoms with Gasteiger partial charge in [0.1, 0.15) is 5.58 Å². The molecular formula is C16H19NO4. The number of ether oxygens (including phenoxy) is 2. The van der Waals surface area contributed by atoms with Gasteiger partial charge in [0.15, 0.2) is 5.76 Å². The molecule has 112 valence electrons. The summed E-state index contributed by atoms with van der Waals surface area (Å²) in [5, 5.41) is 3.81. The van der Waals surface area contributed by atoms with Crippen molar-refractivity contribution in [3.05, 3.63) is 35.6 Å². The number of nitrogens with one attached hydrogen (secondary N) is 1. The van der Waals surface area contributed by atoms with Gasteiger partial charge in [0.05, 0.1) is 12.7 Å². The summed E-state index contributed by atoms with van der Waals surface area (Å²) in [6.45, 7) is 1.64. The Hall–Kier alpha value is -1.85. The summed E-state index contributed by atoms with van der Waals surface area (Å²) >= 11 is 0. The highest BCUT2D eigenvalue weighted by Crippen LogP contribution is 2.26. The van der Waals surface area contributed by atoms with E-state index in [0.717, 1.165) is 30.4 Å². The first-order valence-electron chi connectivity index (χ1n) is 7.18. The molecule has 1 atom stereocenters. The summed E-state index contributed by atoms with van der Waals surface area (Å²) < 4.78 is 16.4. The van der Waals surface area contributed by atoms with Crippen molar-refractivity contribution in [3.8, 4) is 0 Å². The Morgan fingerprint density at radius 2 is 2.29 bits per heavy atom. The molecule has 0 radical (unpaired) electrons. The maximum absolute atomic E-state index is 12.4. The number of para-hydroxylation sites is 1. The van der Waals surface area contributed by atoms with Crippen LogP contribution < -0.4 is 5.32 Å². The molecule has 1 aromatic carbocycles. The zero-order valence-corrected chi connectivity index (χ0v) is 12.1. The average Bonchev–Trinajstić information content (AvgIpc) is 3.13. The van der Waals surface area contributed by atoms with Gasteiger partial charge in [-0.3, -0.25) is 4.79 Å². The van der Waals surface area contributed by atoms with E-state index in [-0.39, 0.29) is 12.0 Å². The number of furan rings is 1. The van der Waals surface area contributed by atoms with Gasteiger partial charge in [-0.1, -0.05) is 18.2 Å². The molecule has 1 amide bonds. The predicted molar refractivity (Wildman–Crippen MR) is 78.2 cm³/mol. The van der Waals surface area contributed by atoms with Crippen LogP contribution in [0.5, 0.6) is 0 Å². The molecule has 0 spiro atoms. The molecule has 0 aliphatic carbocycles. The number of benzene rings is 1. The lowest BCUT2D eigenvalue weighted by molar-refractivity contribution is 0.0832. The van der Waals surface area contributed by atoms with Crippen LogP contribution in [0.15, 0.2) is 28.7 Å². The monoisotopic (exact) mass is 289 g/mol. The molecule has 1 N–H and O–H groups in total. The quantitative estimate of drug-likeness (QED) is 0.918. The van der Waals surface area contributed by atoms with Gasteiger partial charge in [0.2, 0.25) is 0 Å². The van der Waals surface area contributed by atoms with E-state index in [9.17, 15) is 4.79 Å². The Kier molecular flexibility index (Phi) is 4.22. The van der Waals surface area contributed by atoms with E-state index >= 15 is 0 Å². The third-order valence-electron chi connectivity index (χ3n) is 3.71. The molecule has 1 saturated heterocycles. The van der Waals surface area contributed by atoms with Crippen LogP contribution >= 0.6 is 0 Å². The van der Waals surface area contributed by atoms with E-state index in [0.29, 0.717) is 24.5 Å². The molecule has 1 fully saturated rings. The lowest BCUT2D eigenvalue weighted by Gasteiger charge is -2.10. The van der Waals surface area contributed by atoms with E-state index in [1.165, 1.54) is 0 Å². The summed E-state index contributed by atoms with van der Waals surface area (Å²) in [7, 11) is 1.61. The molecule has 1 aliphatic rings. The summed E-state index contributed by atoms with van der Waals surface area (Å²) in [6.07, 6.45) is 2.16. The fourth-order valence-corrected chi connectivity index (χ4v) is 2.66. The molecule has 5 nitrogen and oxygen atoms in total. The van der Waals surface area contributed by atoms with E-state index in [1.807, 2.05) is 24.3 Å². The number of hydrogen-bond acceptors (Lipinski definition) is 4. The van der Waals surface area contributed by atoms with Gasteiger partial charge < -0.3 is 19.2 Å². The van der Waals surface area contributed by atoms with Crippen molar-refractivity contribution in [1.29, 1.82) is 0 Å². The molecule has 2 aromatic rings. The standard InChI is InChI=1S/C16H19NO4/c1-19-10-13-12-6-2-3-7-14(12)21-15(13)16(18)17-9-11-5-4-8-20-11/h2-3,6-7,11H,4-5,8-10H2,1H3,(H,17,18)/t11-/m0/s1. The van der Waals surface area contributed by atoms with Crippen molar-refractivity contribution >= 4 is 16.9 Å². The molecule has 3 rings (SSSR count). The Morgan fingerprint density at radius 3 is 3.05 bits per heavy atom. The second-order valence-electron chi connectivity index (χ2n) is 5.18. The zero-order valence-electron chi connectivity index (χ0n) is 12.1. The molecule has 1 aliphatic heterocycles. The molecule has 0 unspecified atom stereocenters. The molecular weight excluding hydrogens is 270 g/mol. The summed E-state index contributed by atoms with van der Waals surface area (Å²) in [6, 6.07) is 7.59. The van der Waals surface area contributed by atoms with Gasteiger partial charge >= 0.3 is 0 Å². The van der Waals surface area contributed by atoms with Crippen LogP contribution in [0.2, 0.25) is 0 Å². The van der Waals surface area contributed by atoms with Crippen molar-refractivity contribution in [3.63, 3.8) is 0 Å². The van der Waals surface area contributed by atoms with Gasteiger partial charge in [0, 0.05) is 31.2 Å². The van der Waals surface area contributed by atoms with Crippen molar-refractivity contribution in [2.24, 2.45) is 0 Å². The fraction of sp³-hybridized carbons (Fsp3) is 0.438. The van der Waals surface area contributed by atoms with Crippen LogP contribution in [-0.2, 0) is 16.1 Å². The Bertz CT molecular complexity index is 628. The first kappa shape index (κ1) is 14.1. The lowest BCUT2D eigenvalue weighted by atomic mass is 10.1. The SMILES string of the molecule is COCc1c(C(=O)NC[C@@H]2CCCO2)oc2ccccc12. The van der Waals surface area contributed by atoms with Gasteiger partial charge in [0.25, 0.3) is 5.91 Å². The molecule has 1 aromatic heterocycles. The van der Waals surface area contributed by atoms with E-state index < -0.39 is 0 Å². The minimum absolute atomic E-state index is 0.115. The second kappa shape index (κ2) is 6.28. The Morgan fingerprint density at radius 1 is 1.43 bits per heavy atom. The Labute approximate surface area is 123 Å². The van der Waals surface area contributed by atoms with E-state index in [2.05, 4.69) is 5.32 Å². The number of carbonyl (C=O) groups excluding carboxylic acids is 1. The van der Waals surface area contributed by atoms with Crippen molar-refractivity contribution in [2.75, 3.05) is 20.3 Å². The highest BCUT2D eigenvalue weighted by atomic mass is 16.5. The van der Waals surface area contributed by atoms with Crippen LogP contribution in [0.3, 0.4) is 0 Å². The van der Waals surface area contributed by atoms with Crippen LogP contribution in [-0.4, -0.2) is 32.3 Å². The highest BCUT2D eigenvalue weighted by molar-refractivity contribution is 5.99. The number of carbonyl (C=O) groups is 1. The van der Waals surface area contributed by atoms with E-state index in [4.69, 9.17) is 13.9 Å². The molecule has 0 bridgehead atoms. The normalized spacial score (nSPS) is 18.2. The number of methoxy groups -OCH3 is 1. The third kappa shape index (κ3) is 2.94. The first-order valence-corrected chi connectivity index (χ1v) is 7.18. The number of fused-ring (bicyclic) bond motifs is 1. The Balaban J connectivity index is 1.80. The third-order valence-corrected chi connectivity index (χ3v) is 3.71. The highest BCUT2D eigenvalue weighted by Gasteiger charge is 2.22. The topological polar surface area (TPSA) is 60.7 Å². The molecule has 21 heavy (non-hydrogen) atoms. The van der Waals surface area contributed by atoms with Crippen molar-refractivity contribution in [1.82, 2.24) is 5.32 Å². The number of hydrogen-bond donors (Lipinski definition) is 1. The summed E-state index contributed by atoms with van der Waals surface area (Å²) in [5.41, 5.74) is 1.49. The fourth-order valence-electron chi connectivity index (χ4n) is 2.66. The smallest absolute Gasteiger partial charge is 0.287 e. The largest absolute Gasteiger partial charge is 0.451 e. The van der Waals surface area contributed by atoms with Crippen LogP contribution in [0, 0.1) is 0 Å². The number of rotatable bonds is 5. The van der Waals surface area contributed by atoms with Crippen LogP contribution in [0.1, 0.15) is 29.0 Å². The van der Waals surface area contributed by atoms with Crippen LogP contribution in [0.4, 0.5) is 0 Å². The second-order valence-corrected chi connectivity index (χ2v) is 5.18. The van der Waals surface area contributed by atoms with Gasteiger partial charge in [-0.05, 0) is 18.9 Å². The zero-order chi connectivity index (χ0) is 14.7. The first-order chi connectivity index (χ1) is 10.3. The molecule has 5 heteroatoms. The molecule has 2 heterocycles. The minimum Gasteiger partial charge on any atom is -0.451 e. The maximum atomic E-state index is 12.4. The van der Waals surface area contributed by atoms with Gasteiger partial charge in [-0.2, -0.15) is 0 Å². The predicted octanol–water partition coefficient (Wildman–Crippen LogP) is 2.49. The van der Waals surface area contributed by atoms with Crippen molar-refractivity contribution in [2.45, 2.75) is 25.6 Å². The van der Waals surface area contributed by atoms with E-state index in [1.54, 1.807) is 7.11 Å². The van der Waals surface area contributed by atoms with Crippen LogP contribution in [0.25, 0.3) is 11.0 Å². The summed E-state index contributed by atoms with van der Waals surface area (Å²) in [5.74, 6) is 0.116. The van der Waals surface area contributed by atoms with Gasteiger partial charge in [-0.15, -0.1) is 0 Å². The summed E-state index contributed by atoms with van der Waals surface area (Å²) in [4.78, 5) is 12.4. The molecule has 0 saturated carbocycles. The average molecular weight is 289 g/mol. The van der Waals surface area contributed by atoms with Gasteiger partial charge in [-0.25, -0.2) is 0 Å². The maximum Gasteiger partial charge on any atom is 0.287 e. The van der Waals surface area contributed by atoms with Crippen molar-refractivity contribution < 1.29 is 18.7 Å². The lowest BCUT2D eigenvalue weighted by Crippen LogP contribution is -2.32. The minimum atomic E-state index is -0.214.